The number of aliphatic carboxylic acids is 1. The number of amides is 2. The minimum absolute atomic E-state index is 0.0223. The highest BCUT2D eigenvalue weighted by Crippen LogP contribution is 2.27. The molecule has 3 aromatic rings. The zero-order valence-electron chi connectivity index (χ0n) is 25.1. The Bertz CT molecular complexity index is 1350. The maximum Gasteiger partial charge on any atom is 0.320 e. The highest BCUT2D eigenvalue weighted by atomic mass is 19.1. The summed E-state index contributed by atoms with van der Waals surface area (Å²) in [4.78, 5) is 28.6. The van der Waals surface area contributed by atoms with E-state index in [4.69, 9.17) is 9.47 Å². The van der Waals surface area contributed by atoms with Crippen molar-refractivity contribution in [3.8, 4) is 11.5 Å². The Hall–Kier alpha value is -4.07. The molecule has 1 fully saturated rings. The molecule has 0 aromatic heterocycles. The van der Waals surface area contributed by atoms with E-state index in [1.165, 1.54) is 29.8 Å². The van der Waals surface area contributed by atoms with E-state index in [1.807, 2.05) is 36.2 Å². The molecule has 1 aliphatic heterocycles. The van der Waals surface area contributed by atoms with E-state index >= 15 is 0 Å². The van der Waals surface area contributed by atoms with E-state index in [1.54, 1.807) is 11.8 Å². The quantitative estimate of drug-likeness (QED) is 0.265. The Kier molecular flexibility index (Phi) is 9.44. The number of likely N-dealkylation sites (N-methyl/N-ethyl adjacent to an activating group) is 1. The smallest absolute Gasteiger partial charge is 0.320 e. The number of hydrogen-bond acceptors (Lipinski definition) is 4. The summed E-state index contributed by atoms with van der Waals surface area (Å²) in [7, 11) is 1.84. The van der Waals surface area contributed by atoms with E-state index in [2.05, 4.69) is 45.0 Å². The second-order valence-corrected chi connectivity index (χ2v) is 12.4. The first-order valence-electron chi connectivity index (χ1n) is 14.3. The van der Waals surface area contributed by atoms with Gasteiger partial charge in [-0.25, -0.2) is 9.18 Å². The number of urea groups is 1. The van der Waals surface area contributed by atoms with E-state index < -0.39 is 11.4 Å². The first-order valence-corrected chi connectivity index (χ1v) is 14.3. The lowest BCUT2D eigenvalue weighted by atomic mass is 9.84. The van der Waals surface area contributed by atoms with Gasteiger partial charge < -0.3 is 24.4 Å². The van der Waals surface area contributed by atoms with Crippen molar-refractivity contribution in [3.05, 3.63) is 95.3 Å². The zero-order valence-corrected chi connectivity index (χ0v) is 25.1. The number of carbonyl (C=O) groups is 2. The van der Waals surface area contributed by atoms with Gasteiger partial charge in [0.15, 0.2) is 0 Å². The molecule has 2 atom stereocenters. The third-order valence-corrected chi connectivity index (χ3v) is 7.87. The molecule has 42 heavy (non-hydrogen) atoms. The molecule has 1 heterocycles. The number of carboxylic acids is 1. The summed E-state index contributed by atoms with van der Waals surface area (Å²) < 4.78 is 24.8. The fourth-order valence-electron chi connectivity index (χ4n) is 5.01. The average molecular weight is 577 g/mol. The number of benzene rings is 3. The lowest BCUT2D eigenvalue weighted by Gasteiger charge is -2.25. The van der Waals surface area contributed by atoms with E-state index in [0.29, 0.717) is 37.6 Å². The normalized spacial score (nSPS) is 16.8. The third-order valence-electron chi connectivity index (χ3n) is 7.87. The van der Waals surface area contributed by atoms with Crippen molar-refractivity contribution in [1.29, 1.82) is 0 Å². The first kappa shape index (κ1) is 30.9. The summed E-state index contributed by atoms with van der Waals surface area (Å²) in [6.45, 7) is 9.81. The molecule has 0 saturated carbocycles. The molecule has 8 heteroatoms. The van der Waals surface area contributed by atoms with Gasteiger partial charge in [0.1, 0.15) is 29.3 Å². The van der Waals surface area contributed by atoms with Crippen LogP contribution in [-0.4, -0.2) is 59.8 Å². The lowest BCUT2D eigenvalue weighted by Crippen LogP contribution is -2.36. The number of halogens is 1. The Morgan fingerprint density at radius 2 is 1.48 bits per heavy atom. The first-order chi connectivity index (χ1) is 19.8. The SMILES string of the molecule is CN1C(=O)N(Cc2ccc(C(C)(C)C)cc2)CC1CCOc1ccc(CC(C)(COc2ccc(F)cc2)C(=O)O)cc1. The van der Waals surface area contributed by atoms with Crippen LogP contribution in [-0.2, 0) is 23.2 Å². The molecular weight excluding hydrogens is 535 g/mol. The molecule has 2 unspecified atom stereocenters. The molecule has 2 amide bonds. The van der Waals surface area contributed by atoms with E-state index in [9.17, 15) is 19.1 Å². The Morgan fingerprint density at radius 3 is 2.07 bits per heavy atom. The van der Waals surface area contributed by atoms with Crippen LogP contribution in [0.25, 0.3) is 0 Å². The van der Waals surface area contributed by atoms with Crippen LogP contribution in [0, 0.1) is 11.2 Å². The van der Waals surface area contributed by atoms with Gasteiger partial charge >= 0.3 is 12.0 Å². The van der Waals surface area contributed by atoms with Crippen molar-refractivity contribution >= 4 is 12.0 Å². The summed E-state index contributed by atoms with van der Waals surface area (Å²) in [5.74, 6) is -0.258. The van der Waals surface area contributed by atoms with Crippen LogP contribution in [0.4, 0.5) is 9.18 Å². The van der Waals surface area contributed by atoms with Crippen molar-refractivity contribution in [2.45, 2.75) is 58.5 Å². The molecule has 1 saturated heterocycles. The summed E-state index contributed by atoms with van der Waals surface area (Å²) in [5.41, 5.74) is 2.14. The van der Waals surface area contributed by atoms with Crippen molar-refractivity contribution in [2.24, 2.45) is 5.41 Å². The molecule has 4 rings (SSSR count). The Labute approximate surface area is 247 Å². The van der Waals surface area contributed by atoms with Crippen LogP contribution in [0.3, 0.4) is 0 Å². The molecule has 7 nitrogen and oxygen atoms in total. The third kappa shape index (κ3) is 7.81. The number of nitrogens with zero attached hydrogens (tertiary/aromatic N) is 2. The summed E-state index contributed by atoms with van der Waals surface area (Å²) >= 11 is 0. The van der Waals surface area contributed by atoms with Crippen LogP contribution in [0.1, 0.15) is 50.8 Å². The van der Waals surface area contributed by atoms with Crippen molar-refractivity contribution in [1.82, 2.24) is 9.80 Å². The zero-order chi connectivity index (χ0) is 30.5. The Morgan fingerprint density at radius 1 is 0.905 bits per heavy atom. The molecule has 0 spiro atoms. The summed E-state index contributed by atoms with van der Waals surface area (Å²) in [6, 6.07) is 21.4. The fourth-order valence-corrected chi connectivity index (χ4v) is 5.01. The maximum absolute atomic E-state index is 13.1. The molecule has 1 aliphatic rings. The minimum Gasteiger partial charge on any atom is -0.494 e. The number of rotatable bonds is 12. The van der Waals surface area contributed by atoms with Crippen LogP contribution < -0.4 is 9.47 Å². The van der Waals surface area contributed by atoms with Gasteiger partial charge in [-0.05, 0) is 71.8 Å². The van der Waals surface area contributed by atoms with Crippen molar-refractivity contribution < 1.29 is 28.6 Å². The molecule has 224 valence electrons. The van der Waals surface area contributed by atoms with Crippen LogP contribution in [0.2, 0.25) is 0 Å². The highest BCUT2D eigenvalue weighted by Gasteiger charge is 2.35. The summed E-state index contributed by atoms with van der Waals surface area (Å²) in [6.07, 6.45) is 0.953. The van der Waals surface area contributed by atoms with Crippen LogP contribution in [0.15, 0.2) is 72.8 Å². The van der Waals surface area contributed by atoms with Crippen molar-refractivity contribution in [3.63, 3.8) is 0 Å². The van der Waals surface area contributed by atoms with E-state index in [0.717, 1.165) is 11.1 Å². The maximum atomic E-state index is 13.1. The topological polar surface area (TPSA) is 79.3 Å². The van der Waals surface area contributed by atoms with Gasteiger partial charge in [0, 0.05) is 26.6 Å². The van der Waals surface area contributed by atoms with Crippen LogP contribution >= 0.6 is 0 Å². The second-order valence-electron chi connectivity index (χ2n) is 12.4. The largest absolute Gasteiger partial charge is 0.494 e. The standard InChI is InChI=1S/C34H41FN2O5/c1-33(2,3)26-10-6-25(7-11-26)21-37-22-28(36(5)32(37)40)18-19-41-29-14-8-24(9-15-29)20-34(4,31(38)39)23-42-30-16-12-27(35)13-17-30/h6-17,28H,18-23H2,1-5H3,(H,38,39). The monoisotopic (exact) mass is 576 g/mol. The van der Waals surface area contributed by atoms with Gasteiger partial charge in [0.2, 0.25) is 0 Å². The lowest BCUT2D eigenvalue weighted by molar-refractivity contribution is -0.149. The summed E-state index contributed by atoms with van der Waals surface area (Å²) in [5, 5.41) is 9.88. The predicted molar refractivity (Wildman–Crippen MR) is 160 cm³/mol. The number of carbonyl (C=O) groups excluding carboxylic acids is 1. The van der Waals surface area contributed by atoms with Gasteiger partial charge in [-0.3, -0.25) is 4.79 Å². The van der Waals surface area contributed by atoms with E-state index in [-0.39, 0.29) is 36.3 Å². The molecule has 0 radical (unpaired) electrons. The van der Waals surface area contributed by atoms with Gasteiger partial charge in [-0.2, -0.15) is 0 Å². The number of carboxylic acid groups (broad SMARTS) is 1. The molecule has 1 N–H and O–H groups in total. The van der Waals surface area contributed by atoms with Gasteiger partial charge in [-0.15, -0.1) is 0 Å². The molecule has 0 aliphatic carbocycles. The number of hydrogen-bond donors (Lipinski definition) is 1. The fraction of sp³-hybridized carbons (Fsp3) is 0.412. The Balaban J connectivity index is 1.26. The molecule has 0 bridgehead atoms. The molecular formula is C34H41FN2O5. The highest BCUT2D eigenvalue weighted by molar-refractivity contribution is 5.77. The van der Waals surface area contributed by atoms with Crippen molar-refractivity contribution in [2.75, 3.05) is 26.8 Å². The predicted octanol–water partition coefficient (Wildman–Crippen LogP) is 6.54. The van der Waals surface area contributed by atoms with Gasteiger partial charge in [-0.1, -0.05) is 57.2 Å². The van der Waals surface area contributed by atoms with Gasteiger partial charge in [0.25, 0.3) is 0 Å². The minimum atomic E-state index is -1.17. The van der Waals surface area contributed by atoms with Gasteiger partial charge in [0.05, 0.1) is 12.6 Å². The molecule has 3 aromatic carbocycles. The average Bonchev–Trinajstić information content (AvgIpc) is 3.21. The second kappa shape index (κ2) is 12.8. The van der Waals surface area contributed by atoms with Crippen LogP contribution in [0.5, 0.6) is 11.5 Å². The number of ether oxygens (including phenoxy) is 2.